The van der Waals surface area contributed by atoms with Gasteiger partial charge in [-0.05, 0) is 40.9 Å². The first kappa shape index (κ1) is 16.5. The van der Waals surface area contributed by atoms with E-state index in [1.807, 2.05) is 47.2 Å². The Morgan fingerprint density at radius 3 is 2.67 bits per heavy atom. The van der Waals surface area contributed by atoms with Crippen LogP contribution in [0.25, 0.3) is 0 Å². The second-order valence-electron chi connectivity index (χ2n) is 5.61. The molecule has 3 rings (SSSR count). The fourth-order valence-electron chi connectivity index (χ4n) is 2.56. The second-order valence-corrected chi connectivity index (χ2v) is 6.39. The first-order valence-corrected chi connectivity index (χ1v) is 8.72. The highest BCUT2D eigenvalue weighted by Crippen LogP contribution is 2.31. The molecule has 0 bridgehead atoms. The van der Waals surface area contributed by atoms with E-state index in [0.717, 1.165) is 5.56 Å². The van der Waals surface area contributed by atoms with Gasteiger partial charge in [0.25, 0.3) is 0 Å². The molecule has 0 saturated heterocycles. The number of carbonyl (C=O) groups is 1. The molecular formula is C19H19NO3S. The Balaban J connectivity index is 1.63. The van der Waals surface area contributed by atoms with Gasteiger partial charge in [0.1, 0.15) is 5.76 Å². The number of hydrogen-bond acceptors (Lipinski definition) is 4. The summed E-state index contributed by atoms with van der Waals surface area (Å²) in [6.45, 7) is 0.0743. The molecule has 2 N–H and O–H groups in total. The molecule has 1 aromatic carbocycles. The van der Waals surface area contributed by atoms with Crippen LogP contribution in [0.2, 0.25) is 0 Å². The number of rotatable bonds is 7. The van der Waals surface area contributed by atoms with Crippen LogP contribution in [0.4, 0.5) is 0 Å². The second kappa shape index (κ2) is 7.47. The molecule has 1 atom stereocenters. The van der Waals surface area contributed by atoms with Crippen LogP contribution in [-0.4, -0.2) is 17.6 Å². The lowest BCUT2D eigenvalue weighted by Gasteiger charge is -2.25. The molecule has 0 fully saturated rings. The van der Waals surface area contributed by atoms with Gasteiger partial charge in [0.15, 0.2) is 5.60 Å². The number of aliphatic hydroxyl groups is 1. The van der Waals surface area contributed by atoms with E-state index in [0.29, 0.717) is 24.2 Å². The zero-order valence-corrected chi connectivity index (χ0v) is 14.0. The summed E-state index contributed by atoms with van der Waals surface area (Å²) in [6.07, 6.45) is 2.57. The van der Waals surface area contributed by atoms with Crippen LogP contribution in [-0.2, 0) is 16.8 Å². The Bertz CT molecular complexity index is 717. The Kier molecular flexibility index (Phi) is 5.13. The van der Waals surface area contributed by atoms with E-state index < -0.39 is 5.60 Å². The first-order valence-electron chi connectivity index (χ1n) is 7.78. The normalized spacial score (nSPS) is 13.4. The first-order chi connectivity index (χ1) is 11.7. The minimum absolute atomic E-state index is 0.0743. The van der Waals surface area contributed by atoms with Crippen molar-refractivity contribution in [2.24, 2.45) is 0 Å². The smallest absolute Gasteiger partial charge is 0.220 e. The highest BCUT2D eigenvalue weighted by atomic mass is 32.1. The Morgan fingerprint density at radius 2 is 2.00 bits per heavy atom. The number of furan rings is 1. The largest absolute Gasteiger partial charge is 0.466 e. The van der Waals surface area contributed by atoms with Gasteiger partial charge in [-0.2, -0.15) is 11.3 Å². The predicted octanol–water partition coefficient (Wildman–Crippen LogP) is 3.33. The number of thiophene rings is 1. The summed E-state index contributed by atoms with van der Waals surface area (Å²) < 4.78 is 5.39. The molecule has 124 valence electrons. The fourth-order valence-corrected chi connectivity index (χ4v) is 3.29. The van der Waals surface area contributed by atoms with Gasteiger partial charge in [-0.25, -0.2) is 0 Å². The molecule has 5 heteroatoms. The van der Waals surface area contributed by atoms with Gasteiger partial charge in [-0.15, -0.1) is 0 Å². The van der Waals surface area contributed by atoms with Crippen LogP contribution in [0.1, 0.15) is 23.3 Å². The van der Waals surface area contributed by atoms with E-state index in [1.165, 1.54) is 17.6 Å². The maximum Gasteiger partial charge on any atom is 0.220 e. The lowest BCUT2D eigenvalue weighted by molar-refractivity contribution is -0.122. The number of benzene rings is 1. The number of aryl methyl sites for hydroxylation is 1. The predicted molar refractivity (Wildman–Crippen MR) is 93.8 cm³/mol. The minimum Gasteiger partial charge on any atom is -0.466 e. The number of carbonyl (C=O) groups excluding carboxylic acids is 1. The molecule has 0 saturated carbocycles. The lowest BCUT2D eigenvalue weighted by atomic mass is 9.93. The maximum atomic E-state index is 12.2. The van der Waals surface area contributed by atoms with Gasteiger partial charge in [-0.1, -0.05) is 30.3 Å². The molecule has 3 aromatic rings. The van der Waals surface area contributed by atoms with Crippen molar-refractivity contribution in [1.29, 1.82) is 0 Å². The Morgan fingerprint density at radius 1 is 1.17 bits per heavy atom. The Labute approximate surface area is 144 Å². The van der Waals surface area contributed by atoms with Gasteiger partial charge in [0.05, 0.1) is 12.8 Å². The molecule has 1 amide bonds. The summed E-state index contributed by atoms with van der Waals surface area (Å²) in [5, 5.41) is 17.6. The topological polar surface area (TPSA) is 62.5 Å². The quantitative estimate of drug-likeness (QED) is 0.693. The van der Waals surface area contributed by atoms with Crippen molar-refractivity contribution >= 4 is 17.2 Å². The van der Waals surface area contributed by atoms with Crippen LogP contribution in [0.3, 0.4) is 0 Å². The van der Waals surface area contributed by atoms with Crippen LogP contribution in [0.5, 0.6) is 0 Å². The van der Waals surface area contributed by atoms with Crippen LogP contribution < -0.4 is 5.32 Å². The summed E-state index contributed by atoms with van der Waals surface area (Å²) in [7, 11) is 0. The van der Waals surface area contributed by atoms with Crippen LogP contribution in [0, 0.1) is 0 Å². The summed E-state index contributed by atoms with van der Waals surface area (Å²) in [5.74, 6) is 0.323. The number of amides is 1. The van der Waals surface area contributed by atoms with E-state index >= 15 is 0 Å². The third kappa shape index (κ3) is 3.75. The highest BCUT2D eigenvalue weighted by molar-refractivity contribution is 7.08. The SMILES string of the molecule is O=C(CCc1ccccc1)NCC(O)(c1ccsc1)c1ccco1. The molecule has 0 spiro atoms. The molecule has 1 unspecified atom stereocenters. The number of hydrogen-bond donors (Lipinski definition) is 2. The van der Waals surface area contributed by atoms with E-state index in [2.05, 4.69) is 5.32 Å². The molecular weight excluding hydrogens is 322 g/mol. The third-order valence-corrected chi connectivity index (χ3v) is 4.64. The summed E-state index contributed by atoms with van der Waals surface area (Å²) in [6, 6.07) is 15.1. The molecule has 0 aliphatic rings. The third-order valence-electron chi connectivity index (χ3n) is 3.95. The van der Waals surface area contributed by atoms with Crippen molar-refractivity contribution < 1.29 is 14.3 Å². The van der Waals surface area contributed by atoms with E-state index in [1.54, 1.807) is 12.1 Å². The van der Waals surface area contributed by atoms with Crippen LogP contribution in [0.15, 0.2) is 70.0 Å². The summed E-state index contributed by atoms with van der Waals surface area (Å²) in [5.41, 5.74) is 0.476. The average Bonchev–Trinajstić information content (AvgIpc) is 3.32. The standard InChI is InChI=1S/C19H19NO3S/c21-18(9-8-15-5-2-1-3-6-15)20-14-19(22,16-10-12-24-13-16)17-7-4-11-23-17/h1-7,10-13,22H,8-9,14H2,(H,20,21). The van der Waals surface area contributed by atoms with E-state index in [-0.39, 0.29) is 12.5 Å². The van der Waals surface area contributed by atoms with Crippen molar-refractivity contribution in [2.45, 2.75) is 18.4 Å². The molecule has 0 aliphatic heterocycles. The zero-order valence-electron chi connectivity index (χ0n) is 13.1. The lowest BCUT2D eigenvalue weighted by Crippen LogP contribution is -2.41. The molecule has 2 aromatic heterocycles. The van der Waals surface area contributed by atoms with Crippen molar-refractivity contribution in [3.8, 4) is 0 Å². The highest BCUT2D eigenvalue weighted by Gasteiger charge is 2.35. The van der Waals surface area contributed by atoms with Gasteiger partial charge in [0, 0.05) is 12.0 Å². The van der Waals surface area contributed by atoms with Gasteiger partial charge in [0.2, 0.25) is 5.91 Å². The zero-order chi connectivity index (χ0) is 16.8. The Hall–Kier alpha value is -2.37. The number of nitrogens with one attached hydrogen (secondary N) is 1. The van der Waals surface area contributed by atoms with Gasteiger partial charge >= 0.3 is 0 Å². The average molecular weight is 341 g/mol. The summed E-state index contributed by atoms with van der Waals surface area (Å²) >= 11 is 1.49. The molecule has 4 nitrogen and oxygen atoms in total. The van der Waals surface area contributed by atoms with E-state index in [9.17, 15) is 9.90 Å². The molecule has 0 radical (unpaired) electrons. The van der Waals surface area contributed by atoms with Crippen molar-refractivity contribution in [2.75, 3.05) is 6.54 Å². The van der Waals surface area contributed by atoms with Crippen molar-refractivity contribution in [3.05, 3.63) is 82.4 Å². The van der Waals surface area contributed by atoms with Gasteiger partial charge < -0.3 is 14.8 Å². The molecule has 0 aliphatic carbocycles. The van der Waals surface area contributed by atoms with Crippen LogP contribution >= 0.6 is 11.3 Å². The molecule has 24 heavy (non-hydrogen) atoms. The maximum absolute atomic E-state index is 12.2. The van der Waals surface area contributed by atoms with Crippen molar-refractivity contribution in [3.63, 3.8) is 0 Å². The van der Waals surface area contributed by atoms with E-state index in [4.69, 9.17) is 4.42 Å². The fraction of sp³-hybridized carbons (Fsp3) is 0.211. The van der Waals surface area contributed by atoms with Gasteiger partial charge in [-0.3, -0.25) is 4.79 Å². The molecule has 2 heterocycles. The minimum atomic E-state index is -1.36. The summed E-state index contributed by atoms with van der Waals surface area (Å²) in [4.78, 5) is 12.2. The monoisotopic (exact) mass is 341 g/mol. The van der Waals surface area contributed by atoms with Crippen molar-refractivity contribution in [1.82, 2.24) is 5.32 Å².